The summed E-state index contributed by atoms with van der Waals surface area (Å²) in [5, 5.41) is 0. The van der Waals surface area contributed by atoms with E-state index in [-0.39, 0.29) is 42.1 Å². The highest BCUT2D eigenvalue weighted by Gasteiger charge is 2.36. The lowest BCUT2D eigenvalue weighted by atomic mass is 10.0. The number of likely N-dealkylation sites (N-methyl/N-ethyl adjacent to an activating group) is 2. The van der Waals surface area contributed by atoms with Crippen LogP contribution in [0.2, 0.25) is 0 Å². The van der Waals surface area contributed by atoms with Gasteiger partial charge in [-0.25, -0.2) is 11.0 Å². The Morgan fingerprint density at radius 2 is 2.10 bits per heavy atom. The fourth-order valence-electron chi connectivity index (χ4n) is 5.11. The Hall–Kier alpha value is -3.92. The SMILES string of the molecule is CN1CCC[C@H]1COc1nc(N)c2c(n1)CN(c1ccc(F)cc1C(F)(F)F)CC2.[C-]#[N+]CC(C)N(CC)C(=O)C=C. The molecule has 1 saturated heterocycles. The molecule has 1 amide bonds. The number of amides is 1. The molecule has 42 heavy (non-hydrogen) atoms. The highest BCUT2D eigenvalue weighted by atomic mass is 19.4. The number of likely N-dealkylation sites (tertiary alicyclic amines) is 1. The van der Waals surface area contributed by atoms with Crippen LogP contribution in [0.1, 0.15) is 43.5 Å². The first-order chi connectivity index (χ1) is 19.9. The molecule has 0 saturated carbocycles. The molecule has 2 aliphatic rings. The Morgan fingerprint density at radius 1 is 1.36 bits per heavy atom. The van der Waals surface area contributed by atoms with E-state index < -0.39 is 17.6 Å². The largest absolute Gasteiger partial charge is 0.462 e. The van der Waals surface area contributed by atoms with Crippen molar-refractivity contribution in [2.75, 3.05) is 50.5 Å². The number of benzene rings is 1. The van der Waals surface area contributed by atoms with E-state index in [9.17, 15) is 22.4 Å². The van der Waals surface area contributed by atoms with E-state index in [0.29, 0.717) is 50.0 Å². The molecule has 0 bridgehead atoms. The minimum Gasteiger partial charge on any atom is -0.462 e. The number of nitrogens with zero attached hydrogens (tertiary/aromatic N) is 6. The van der Waals surface area contributed by atoms with Gasteiger partial charge in [0.1, 0.15) is 24.3 Å². The standard InChI is InChI=1S/C20H23F4N5O.C9H14N2O/c1-28-7-2-3-13(28)11-30-19-26-16-10-29(8-6-14(16)18(25)27-19)17-5-4-12(21)9-15(17)20(22,23)24;1-5-9(12)11(6-2)8(3)7-10-4/h4-5,9,13H,2-3,6-8,10-11H2,1H3,(H2,25,26,27);5,8H,1,6-7H2,2-3H3/t13-;/m0./s1. The third-order valence-corrected chi connectivity index (χ3v) is 7.44. The maximum atomic E-state index is 13.5. The number of nitrogens with two attached hydrogens (primary N) is 1. The van der Waals surface area contributed by atoms with Crippen LogP contribution < -0.4 is 15.4 Å². The van der Waals surface area contributed by atoms with Gasteiger partial charge in [0.15, 0.2) is 0 Å². The molecule has 0 aliphatic carbocycles. The van der Waals surface area contributed by atoms with Crippen molar-refractivity contribution in [2.24, 2.45) is 0 Å². The van der Waals surface area contributed by atoms with Gasteiger partial charge in [0.05, 0.1) is 17.8 Å². The lowest BCUT2D eigenvalue weighted by Crippen LogP contribution is -2.38. The van der Waals surface area contributed by atoms with Crippen molar-refractivity contribution in [1.82, 2.24) is 19.8 Å². The molecule has 13 heteroatoms. The quantitative estimate of drug-likeness (QED) is 0.273. The number of aromatic nitrogens is 2. The van der Waals surface area contributed by atoms with Gasteiger partial charge >= 0.3 is 12.2 Å². The zero-order chi connectivity index (χ0) is 31.0. The van der Waals surface area contributed by atoms with Crippen LogP contribution in [0.5, 0.6) is 6.01 Å². The molecule has 1 aromatic carbocycles. The molecular formula is C29H37F4N7O2. The summed E-state index contributed by atoms with van der Waals surface area (Å²) in [7, 11) is 2.03. The normalized spacial score (nSPS) is 17.4. The Labute approximate surface area is 243 Å². The van der Waals surface area contributed by atoms with Crippen molar-refractivity contribution >= 4 is 17.4 Å². The first-order valence-electron chi connectivity index (χ1n) is 13.8. The van der Waals surface area contributed by atoms with Gasteiger partial charge in [-0.05, 0) is 71.0 Å². The van der Waals surface area contributed by atoms with Gasteiger partial charge in [-0.1, -0.05) is 6.58 Å². The third-order valence-electron chi connectivity index (χ3n) is 7.44. The van der Waals surface area contributed by atoms with E-state index in [2.05, 4.69) is 26.3 Å². The molecule has 0 radical (unpaired) electrons. The summed E-state index contributed by atoms with van der Waals surface area (Å²) in [6, 6.07) is 3.09. The van der Waals surface area contributed by atoms with Crippen LogP contribution in [0.3, 0.4) is 0 Å². The Morgan fingerprint density at radius 3 is 2.69 bits per heavy atom. The van der Waals surface area contributed by atoms with Gasteiger partial charge in [-0.2, -0.15) is 23.1 Å². The number of hydrogen-bond acceptors (Lipinski definition) is 7. The summed E-state index contributed by atoms with van der Waals surface area (Å²) in [5.74, 6) is -0.749. The number of rotatable bonds is 8. The minimum atomic E-state index is -4.66. The van der Waals surface area contributed by atoms with Crippen LogP contribution in [0.4, 0.5) is 29.1 Å². The van der Waals surface area contributed by atoms with E-state index in [4.69, 9.17) is 17.0 Å². The lowest BCUT2D eigenvalue weighted by molar-refractivity contribution is -0.137. The maximum Gasteiger partial charge on any atom is 0.418 e. The van der Waals surface area contributed by atoms with Gasteiger partial charge < -0.3 is 30.0 Å². The molecule has 0 spiro atoms. The van der Waals surface area contributed by atoms with Crippen molar-refractivity contribution in [3.05, 3.63) is 64.9 Å². The van der Waals surface area contributed by atoms with Crippen LogP contribution >= 0.6 is 0 Å². The molecule has 2 N–H and O–H groups in total. The van der Waals surface area contributed by atoms with Crippen LogP contribution in [-0.2, 0) is 23.9 Å². The number of alkyl halides is 3. The number of hydrogen-bond donors (Lipinski definition) is 1. The predicted octanol–water partition coefficient (Wildman–Crippen LogP) is 4.58. The number of fused-ring (bicyclic) bond motifs is 1. The van der Waals surface area contributed by atoms with Crippen molar-refractivity contribution in [3.8, 4) is 6.01 Å². The summed E-state index contributed by atoms with van der Waals surface area (Å²) in [6.07, 6.45) is -0.864. The third kappa shape index (κ3) is 8.09. The average molecular weight is 592 g/mol. The molecule has 228 valence electrons. The van der Waals surface area contributed by atoms with Crippen LogP contribution in [0, 0.1) is 12.4 Å². The van der Waals surface area contributed by atoms with E-state index in [0.717, 1.165) is 31.5 Å². The van der Waals surface area contributed by atoms with E-state index in [1.54, 1.807) is 4.90 Å². The van der Waals surface area contributed by atoms with Crippen molar-refractivity contribution in [1.29, 1.82) is 0 Å². The van der Waals surface area contributed by atoms with Gasteiger partial charge in [-0.15, -0.1) is 0 Å². The number of anilines is 2. The second kappa shape index (κ2) is 14.3. The molecule has 1 unspecified atom stereocenters. The van der Waals surface area contributed by atoms with Gasteiger partial charge in [0, 0.05) is 30.4 Å². The smallest absolute Gasteiger partial charge is 0.418 e. The molecule has 1 aromatic heterocycles. The monoisotopic (exact) mass is 591 g/mol. The van der Waals surface area contributed by atoms with E-state index >= 15 is 0 Å². The first-order valence-corrected chi connectivity index (χ1v) is 13.8. The van der Waals surface area contributed by atoms with E-state index in [1.807, 2.05) is 20.9 Å². The second-order valence-electron chi connectivity index (χ2n) is 10.3. The fraction of sp³-hybridized carbons (Fsp3) is 0.517. The summed E-state index contributed by atoms with van der Waals surface area (Å²) < 4.78 is 59.5. The Kier molecular flexibility index (Phi) is 11.1. The van der Waals surface area contributed by atoms with Crippen molar-refractivity contribution in [2.45, 2.75) is 57.9 Å². The number of halogens is 4. The second-order valence-corrected chi connectivity index (χ2v) is 10.3. The fourth-order valence-corrected chi connectivity index (χ4v) is 5.11. The topological polar surface area (TPSA) is 92.2 Å². The van der Waals surface area contributed by atoms with Crippen LogP contribution in [0.15, 0.2) is 30.9 Å². The number of carbonyl (C=O) groups is 1. The van der Waals surface area contributed by atoms with Crippen molar-refractivity contribution in [3.63, 3.8) is 0 Å². The molecule has 1 fully saturated rings. The average Bonchev–Trinajstić information content (AvgIpc) is 3.36. The highest BCUT2D eigenvalue weighted by molar-refractivity contribution is 5.87. The molecule has 2 aliphatic heterocycles. The molecule has 3 heterocycles. The highest BCUT2D eigenvalue weighted by Crippen LogP contribution is 2.39. The van der Waals surface area contributed by atoms with Gasteiger partial charge in [0.2, 0.25) is 12.5 Å². The Balaban J connectivity index is 0.000000343. The zero-order valence-electron chi connectivity index (χ0n) is 24.1. The maximum absolute atomic E-state index is 13.5. The van der Waals surface area contributed by atoms with Crippen LogP contribution in [0.25, 0.3) is 4.85 Å². The molecule has 2 aromatic rings. The Bertz CT molecular complexity index is 1300. The van der Waals surface area contributed by atoms with Crippen LogP contribution in [-0.4, -0.2) is 77.6 Å². The summed E-state index contributed by atoms with van der Waals surface area (Å²) in [5.41, 5.74) is 6.22. The summed E-state index contributed by atoms with van der Waals surface area (Å²) >= 11 is 0. The number of carbonyl (C=O) groups excluding carboxylic acids is 1. The molecule has 9 nitrogen and oxygen atoms in total. The summed E-state index contributed by atoms with van der Waals surface area (Å²) in [6.45, 7) is 16.6. The number of ether oxygens (including phenoxy) is 1. The summed E-state index contributed by atoms with van der Waals surface area (Å²) in [4.78, 5) is 28.4. The predicted molar refractivity (Wildman–Crippen MR) is 152 cm³/mol. The zero-order valence-corrected chi connectivity index (χ0v) is 24.1. The molecular weight excluding hydrogens is 554 g/mol. The number of nitrogen functional groups attached to an aromatic ring is 1. The van der Waals surface area contributed by atoms with E-state index in [1.165, 1.54) is 11.0 Å². The molecule has 4 rings (SSSR count). The minimum absolute atomic E-state index is 0.0157. The molecule has 2 atom stereocenters. The van der Waals surface area contributed by atoms with Gasteiger partial charge in [0.25, 0.3) is 0 Å². The van der Waals surface area contributed by atoms with Crippen molar-refractivity contribution < 1.29 is 27.1 Å². The lowest BCUT2D eigenvalue weighted by Gasteiger charge is -2.32. The first kappa shape index (κ1) is 32.6. The van der Waals surface area contributed by atoms with Gasteiger partial charge in [-0.3, -0.25) is 4.79 Å².